The molecule has 20 heavy (non-hydrogen) atoms. The summed E-state index contributed by atoms with van der Waals surface area (Å²) in [7, 11) is 1.81. The summed E-state index contributed by atoms with van der Waals surface area (Å²) in [6.07, 6.45) is 7.59. The van der Waals surface area contributed by atoms with E-state index in [0.717, 1.165) is 18.4 Å². The van der Waals surface area contributed by atoms with Crippen molar-refractivity contribution in [3.8, 4) is 0 Å². The molecule has 2 heterocycles. The predicted octanol–water partition coefficient (Wildman–Crippen LogP) is 2.07. The van der Waals surface area contributed by atoms with Crippen LogP contribution in [0.25, 0.3) is 0 Å². The Morgan fingerprint density at radius 3 is 2.80 bits per heavy atom. The van der Waals surface area contributed by atoms with Gasteiger partial charge in [0.2, 0.25) is 0 Å². The standard InChI is InChI=1S/C15H18N4O/c1-18(9-11-4-6-17-7-5-11)15(20)14-8-12(16)10-19(14)13-2-3-13/h4-8,10,13H,2-3,9,16H2,1H3. The smallest absolute Gasteiger partial charge is 0.270 e. The van der Waals surface area contributed by atoms with Crippen LogP contribution < -0.4 is 5.73 Å². The number of rotatable bonds is 4. The van der Waals surface area contributed by atoms with Crippen molar-refractivity contribution in [2.24, 2.45) is 0 Å². The molecule has 0 unspecified atom stereocenters. The zero-order chi connectivity index (χ0) is 14.1. The monoisotopic (exact) mass is 270 g/mol. The fourth-order valence-electron chi connectivity index (χ4n) is 2.36. The van der Waals surface area contributed by atoms with Gasteiger partial charge in [-0.25, -0.2) is 0 Å². The lowest BCUT2D eigenvalue weighted by Crippen LogP contribution is -2.28. The van der Waals surface area contributed by atoms with Crippen LogP contribution in [0.3, 0.4) is 0 Å². The molecule has 0 atom stereocenters. The van der Waals surface area contributed by atoms with E-state index < -0.39 is 0 Å². The van der Waals surface area contributed by atoms with Crippen LogP contribution in [0.5, 0.6) is 0 Å². The van der Waals surface area contributed by atoms with Crippen LogP contribution in [0.2, 0.25) is 0 Å². The lowest BCUT2D eigenvalue weighted by molar-refractivity contribution is 0.0774. The van der Waals surface area contributed by atoms with Crippen molar-refractivity contribution in [2.45, 2.75) is 25.4 Å². The van der Waals surface area contributed by atoms with Gasteiger partial charge in [0, 0.05) is 38.2 Å². The molecular formula is C15H18N4O. The number of hydrogen-bond acceptors (Lipinski definition) is 3. The number of pyridine rings is 1. The van der Waals surface area contributed by atoms with E-state index in [2.05, 4.69) is 4.98 Å². The highest BCUT2D eigenvalue weighted by atomic mass is 16.2. The van der Waals surface area contributed by atoms with Crippen LogP contribution in [-0.4, -0.2) is 27.4 Å². The molecule has 0 radical (unpaired) electrons. The van der Waals surface area contributed by atoms with Crippen LogP contribution in [0.4, 0.5) is 5.69 Å². The van der Waals surface area contributed by atoms with Crippen LogP contribution in [0.1, 0.15) is 34.9 Å². The van der Waals surface area contributed by atoms with Crippen molar-refractivity contribution in [2.75, 3.05) is 12.8 Å². The molecule has 104 valence electrons. The average molecular weight is 270 g/mol. The Morgan fingerprint density at radius 2 is 2.15 bits per heavy atom. The van der Waals surface area contributed by atoms with E-state index in [0.29, 0.717) is 24.0 Å². The predicted molar refractivity (Wildman–Crippen MR) is 77.1 cm³/mol. The molecule has 0 saturated heterocycles. The Hall–Kier alpha value is -2.30. The van der Waals surface area contributed by atoms with Gasteiger partial charge in [-0.05, 0) is 36.6 Å². The number of amides is 1. The Balaban J connectivity index is 1.78. The van der Waals surface area contributed by atoms with Gasteiger partial charge >= 0.3 is 0 Å². The lowest BCUT2D eigenvalue weighted by atomic mass is 10.2. The summed E-state index contributed by atoms with van der Waals surface area (Å²) in [5.74, 6) is 0.00501. The van der Waals surface area contributed by atoms with Crippen molar-refractivity contribution in [1.29, 1.82) is 0 Å². The van der Waals surface area contributed by atoms with Crippen molar-refractivity contribution >= 4 is 11.6 Å². The second-order valence-corrected chi connectivity index (χ2v) is 5.31. The lowest BCUT2D eigenvalue weighted by Gasteiger charge is -2.18. The van der Waals surface area contributed by atoms with E-state index in [9.17, 15) is 4.79 Å². The number of carbonyl (C=O) groups excluding carboxylic acids is 1. The molecule has 0 aliphatic heterocycles. The number of anilines is 1. The first-order valence-corrected chi connectivity index (χ1v) is 6.77. The topological polar surface area (TPSA) is 64.2 Å². The van der Waals surface area contributed by atoms with Gasteiger partial charge in [0.05, 0.1) is 5.69 Å². The molecule has 0 spiro atoms. The van der Waals surface area contributed by atoms with E-state index in [1.165, 1.54) is 0 Å². The number of hydrogen-bond donors (Lipinski definition) is 1. The first kappa shape index (κ1) is 12.7. The normalized spacial score (nSPS) is 14.2. The Morgan fingerprint density at radius 1 is 1.45 bits per heavy atom. The minimum absolute atomic E-state index is 0.00501. The van der Waals surface area contributed by atoms with Gasteiger partial charge in [-0.3, -0.25) is 9.78 Å². The van der Waals surface area contributed by atoms with Crippen molar-refractivity contribution in [3.05, 3.63) is 48.0 Å². The maximum Gasteiger partial charge on any atom is 0.270 e. The Bertz CT molecular complexity index is 616. The van der Waals surface area contributed by atoms with Gasteiger partial charge in [-0.2, -0.15) is 0 Å². The summed E-state index contributed by atoms with van der Waals surface area (Å²) in [6, 6.07) is 6.04. The molecule has 1 fully saturated rings. The highest BCUT2D eigenvalue weighted by molar-refractivity contribution is 5.93. The second-order valence-electron chi connectivity index (χ2n) is 5.31. The third-order valence-corrected chi connectivity index (χ3v) is 3.54. The van der Waals surface area contributed by atoms with Gasteiger partial charge in [-0.15, -0.1) is 0 Å². The largest absolute Gasteiger partial charge is 0.397 e. The molecule has 0 bridgehead atoms. The third kappa shape index (κ3) is 2.52. The summed E-state index contributed by atoms with van der Waals surface area (Å²) >= 11 is 0. The number of carbonyl (C=O) groups is 1. The van der Waals surface area contributed by atoms with Crippen molar-refractivity contribution in [1.82, 2.24) is 14.5 Å². The van der Waals surface area contributed by atoms with Gasteiger partial charge in [0.1, 0.15) is 5.69 Å². The molecule has 2 N–H and O–H groups in total. The van der Waals surface area contributed by atoms with E-state index in [1.54, 1.807) is 23.4 Å². The van der Waals surface area contributed by atoms with E-state index in [4.69, 9.17) is 5.73 Å². The summed E-state index contributed by atoms with van der Waals surface area (Å²) in [5, 5.41) is 0. The van der Waals surface area contributed by atoms with Gasteiger partial charge in [0.25, 0.3) is 5.91 Å². The molecule has 0 aromatic carbocycles. The molecule has 5 heteroatoms. The number of nitrogens with two attached hydrogens (primary N) is 1. The van der Waals surface area contributed by atoms with Gasteiger partial charge in [-0.1, -0.05) is 0 Å². The van der Waals surface area contributed by atoms with Crippen LogP contribution in [-0.2, 0) is 6.54 Å². The maximum absolute atomic E-state index is 12.5. The zero-order valence-corrected chi connectivity index (χ0v) is 11.5. The highest BCUT2D eigenvalue weighted by Crippen LogP contribution is 2.37. The first-order valence-electron chi connectivity index (χ1n) is 6.77. The van der Waals surface area contributed by atoms with E-state index >= 15 is 0 Å². The van der Waals surface area contributed by atoms with Crippen molar-refractivity contribution in [3.63, 3.8) is 0 Å². The summed E-state index contributed by atoms with van der Waals surface area (Å²) in [6.45, 7) is 0.567. The van der Waals surface area contributed by atoms with Crippen LogP contribution in [0.15, 0.2) is 36.8 Å². The molecule has 1 aliphatic carbocycles. The maximum atomic E-state index is 12.5. The van der Waals surface area contributed by atoms with E-state index in [1.807, 2.05) is 29.9 Å². The summed E-state index contributed by atoms with van der Waals surface area (Å²) in [4.78, 5) is 18.2. The molecule has 3 rings (SSSR count). The quantitative estimate of drug-likeness (QED) is 0.925. The zero-order valence-electron chi connectivity index (χ0n) is 11.5. The fourth-order valence-corrected chi connectivity index (χ4v) is 2.36. The van der Waals surface area contributed by atoms with E-state index in [-0.39, 0.29) is 5.91 Å². The van der Waals surface area contributed by atoms with Gasteiger partial charge < -0.3 is 15.2 Å². The Labute approximate surface area is 118 Å². The first-order chi connectivity index (χ1) is 9.65. The van der Waals surface area contributed by atoms with Gasteiger partial charge in [0.15, 0.2) is 0 Å². The average Bonchev–Trinajstić information content (AvgIpc) is 3.22. The number of aromatic nitrogens is 2. The van der Waals surface area contributed by atoms with Crippen molar-refractivity contribution < 1.29 is 4.79 Å². The second kappa shape index (κ2) is 5.00. The number of nitrogen functional groups attached to an aromatic ring is 1. The molecule has 1 saturated carbocycles. The molecule has 2 aromatic rings. The molecule has 2 aromatic heterocycles. The third-order valence-electron chi connectivity index (χ3n) is 3.54. The molecule has 5 nitrogen and oxygen atoms in total. The van der Waals surface area contributed by atoms with Crippen LogP contribution >= 0.6 is 0 Å². The summed E-state index contributed by atoms with van der Waals surface area (Å²) in [5.41, 5.74) is 8.23. The SMILES string of the molecule is CN(Cc1ccncc1)C(=O)c1cc(N)cn1C1CC1. The number of nitrogens with zero attached hydrogens (tertiary/aromatic N) is 3. The van der Waals surface area contributed by atoms with Crippen LogP contribution in [0, 0.1) is 0 Å². The summed E-state index contributed by atoms with van der Waals surface area (Å²) < 4.78 is 2.01. The highest BCUT2D eigenvalue weighted by Gasteiger charge is 2.28. The molecular weight excluding hydrogens is 252 g/mol. The molecule has 1 amide bonds. The minimum Gasteiger partial charge on any atom is -0.397 e. The molecule has 1 aliphatic rings. The fraction of sp³-hybridized carbons (Fsp3) is 0.333. The Kier molecular flexibility index (Phi) is 3.18. The minimum atomic E-state index is 0.00501.